The summed E-state index contributed by atoms with van der Waals surface area (Å²) in [6.45, 7) is 6.35. The van der Waals surface area contributed by atoms with Crippen LogP contribution >= 0.6 is 11.8 Å². The zero-order valence-corrected chi connectivity index (χ0v) is 13.0. The van der Waals surface area contributed by atoms with E-state index >= 15 is 0 Å². The van der Waals surface area contributed by atoms with Crippen molar-refractivity contribution in [2.75, 3.05) is 12.3 Å². The Bertz CT molecular complexity index is 428. The second kappa shape index (κ2) is 7.64. The van der Waals surface area contributed by atoms with Gasteiger partial charge in [-0.1, -0.05) is 20.8 Å². The van der Waals surface area contributed by atoms with Gasteiger partial charge < -0.3 is 10.4 Å². The smallest absolute Gasteiger partial charge is 0.230 e. The highest BCUT2D eigenvalue weighted by molar-refractivity contribution is 8.00. The number of hydrogen-bond acceptors (Lipinski definition) is 3. The lowest BCUT2D eigenvalue weighted by Crippen LogP contribution is -2.33. The standard InChI is InChI=1S/C15H22FNO2S/c1-15(2,3)13(18)8-9-17-14(19)10-20-12-6-4-11(16)5-7-12/h4-7,13,18H,8-10H2,1-3H3,(H,17,19)/t13-/m1/s1. The molecule has 1 aromatic carbocycles. The van der Waals surface area contributed by atoms with E-state index in [4.69, 9.17) is 0 Å². The molecular weight excluding hydrogens is 277 g/mol. The number of carbonyl (C=O) groups excluding carboxylic acids is 1. The first-order valence-corrected chi connectivity index (χ1v) is 7.61. The molecule has 5 heteroatoms. The summed E-state index contributed by atoms with van der Waals surface area (Å²) >= 11 is 1.36. The molecule has 0 aliphatic rings. The largest absolute Gasteiger partial charge is 0.393 e. The van der Waals surface area contributed by atoms with Gasteiger partial charge in [0.2, 0.25) is 5.91 Å². The van der Waals surface area contributed by atoms with Crippen LogP contribution < -0.4 is 5.32 Å². The van der Waals surface area contributed by atoms with E-state index in [1.807, 2.05) is 20.8 Å². The average molecular weight is 299 g/mol. The molecule has 2 N–H and O–H groups in total. The minimum Gasteiger partial charge on any atom is -0.393 e. The molecule has 0 saturated heterocycles. The summed E-state index contributed by atoms with van der Waals surface area (Å²) in [6, 6.07) is 6.05. The van der Waals surface area contributed by atoms with E-state index in [1.165, 1.54) is 23.9 Å². The monoisotopic (exact) mass is 299 g/mol. The minimum atomic E-state index is -0.437. The van der Waals surface area contributed by atoms with Crippen molar-refractivity contribution in [3.8, 4) is 0 Å². The van der Waals surface area contributed by atoms with Crippen molar-refractivity contribution in [3.05, 3.63) is 30.1 Å². The van der Waals surface area contributed by atoms with Crippen LogP contribution in [0, 0.1) is 11.2 Å². The molecule has 112 valence electrons. The van der Waals surface area contributed by atoms with Crippen LogP contribution in [0.4, 0.5) is 4.39 Å². The molecule has 0 aliphatic heterocycles. The van der Waals surface area contributed by atoms with E-state index < -0.39 is 6.10 Å². The molecule has 1 atom stereocenters. The summed E-state index contributed by atoms with van der Waals surface area (Å²) in [4.78, 5) is 12.5. The zero-order chi connectivity index (χ0) is 15.2. The highest BCUT2D eigenvalue weighted by Crippen LogP contribution is 2.21. The maximum atomic E-state index is 12.7. The molecule has 1 rings (SSSR count). The molecule has 0 radical (unpaired) electrons. The van der Waals surface area contributed by atoms with Crippen molar-refractivity contribution in [2.24, 2.45) is 5.41 Å². The molecule has 1 aromatic rings. The third-order valence-corrected chi connectivity index (χ3v) is 3.94. The van der Waals surface area contributed by atoms with E-state index in [2.05, 4.69) is 5.32 Å². The maximum absolute atomic E-state index is 12.7. The van der Waals surface area contributed by atoms with Gasteiger partial charge in [-0.3, -0.25) is 4.79 Å². The first-order chi connectivity index (χ1) is 9.29. The normalized spacial score (nSPS) is 13.1. The van der Waals surface area contributed by atoms with Gasteiger partial charge in [0.05, 0.1) is 11.9 Å². The highest BCUT2D eigenvalue weighted by Gasteiger charge is 2.21. The number of hydrogen-bond donors (Lipinski definition) is 2. The second-order valence-corrected chi connectivity index (χ2v) is 6.81. The van der Waals surface area contributed by atoms with Gasteiger partial charge >= 0.3 is 0 Å². The number of amides is 1. The molecule has 0 unspecified atom stereocenters. The fraction of sp³-hybridized carbons (Fsp3) is 0.533. The Morgan fingerprint density at radius 3 is 2.50 bits per heavy atom. The van der Waals surface area contributed by atoms with Crippen LogP contribution in [0.1, 0.15) is 27.2 Å². The Morgan fingerprint density at radius 1 is 1.35 bits per heavy atom. The van der Waals surface area contributed by atoms with Crippen LogP contribution in [-0.2, 0) is 4.79 Å². The third kappa shape index (κ3) is 6.39. The molecule has 20 heavy (non-hydrogen) atoms. The number of halogens is 1. The predicted molar refractivity (Wildman–Crippen MR) is 80.2 cm³/mol. The molecule has 0 fully saturated rings. The molecule has 0 saturated carbocycles. The Balaban J connectivity index is 2.22. The molecular formula is C15H22FNO2S. The average Bonchev–Trinajstić information content (AvgIpc) is 2.37. The van der Waals surface area contributed by atoms with Crippen molar-refractivity contribution in [2.45, 2.75) is 38.2 Å². The predicted octanol–water partition coefficient (Wildman–Crippen LogP) is 2.83. The molecule has 3 nitrogen and oxygen atoms in total. The summed E-state index contributed by atoms with van der Waals surface area (Å²) in [6.07, 6.45) is 0.101. The third-order valence-electron chi connectivity index (χ3n) is 2.92. The molecule has 0 bridgehead atoms. The fourth-order valence-electron chi connectivity index (χ4n) is 1.51. The number of carbonyl (C=O) groups is 1. The Kier molecular flexibility index (Phi) is 6.49. The lowest BCUT2D eigenvalue weighted by molar-refractivity contribution is -0.118. The van der Waals surface area contributed by atoms with Crippen LogP contribution in [0.5, 0.6) is 0 Å². The molecule has 0 heterocycles. The van der Waals surface area contributed by atoms with Gasteiger partial charge in [0.15, 0.2) is 0 Å². The number of aliphatic hydroxyl groups is 1. The number of benzene rings is 1. The van der Waals surface area contributed by atoms with Crippen LogP contribution in [0.25, 0.3) is 0 Å². The SMILES string of the molecule is CC(C)(C)[C@H](O)CCNC(=O)CSc1ccc(F)cc1. The first kappa shape index (κ1) is 17.0. The Morgan fingerprint density at radius 2 is 1.95 bits per heavy atom. The number of rotatable bonds is 6. The topological polar surface area (TPSA) is 49.3 Å². The summed E-state index contributed by atoms with van der Waals surface area (Å²) in [7, 11) is 0. The van der Waals surface area contributed by atoms with Crippen molar-refractivity contribution >= 4 is 17.7 Å². The van der Waals surface area contributed by atoms with Gasteiger partial charge in [0.1, 0.15) is 5.82 Å². The quantitative estimate of drug-likeness (QED) is 0.794. The van der Waals surface area contributed by atoms with Crippen molar-refractivity contribution in [1.82, 2.24) is 5.32 Å². The first-order valence-electron chi connectivity index (χ1n) is 6.62. The van der Waals surface area contributed by atoms with Gasteiger partial charge in [-0.15, -0.1) is 11.8 Å². The maximum Gasteiger partial charge on any atom is 0.230 e. The lowest BCUT2D eigenvalue weighted by atomic mass is 9.87. The molecule has 1 amide bonds. The van der Waals surface area contributed by atoms with E-state index in [0.717, 1.165) is 4.90 Å². The van der Waals surface area contributed by atoms with Gasteiger partial charge in [-0.05, 0) is 36.1 Å². The van der Waals surface area contributed by atoms with Crippen LogP contribution in [0.3, 0.4) is 0 Å². The number of thioether (sulfide) groups is 1. The van der Waals surface area contributed by atoms with Gasteiger partial charge in [0, 0.05) is 11.4 Å². The van der Waals surface area contributed by atoms with Gasteiger partial charge in [-0.2, -0.15) is 0 Å². The van der Waals surface area contributed by atoms with Crippen molar-refractivity contribution in [1.29, 1.82) is 0 Å². The van der Waals surface area contributed by atoms with E-state index in [1.54, 1.807) is 12.1 Å². The number of nitrogens with one attached hydrogen (secondary N) is 1. The number of aliphatic hydroxyl groups excluding tert-OH is 1. The second-order valence-electron chi connectivity index (χ2n) is 5.76. The summed E-state index contributed by atoms with van der Waals surface area (Å²) in [5, 5.41) is 12.6. The molecule has 0 spiro atoms. The van der Waals surface area contributed by atoms with Crippen LogP contribution in [0.15, 0.2) is 29.2 Å². The van der Waals surface area contributed by atoms with Crippen LogP contribution in [-0.4, -0.2) is 29.4 Å². The van der Waals surface area contributed by atoms with E-state index in [-0.39, 0.29) is 22.9 Å². The van der Waals surface area contributed by atoms with E-state index in [9.17, 15) is 14.3 Å². The van der Waals surface area contributed by atoms with Crippen molar-refractivity contribution in [3.63, 3.8) is 0 Å². The molecule has 0 aliphatic carbocycles. The van der Waals surface area contributed by atoms with E-state index in [0.29, 0.717) is 13.0 Å². The van der Waals surface area contributed by atoms with Gasteiger partial charge in [0.25, 0.3) is 0 Å². The summed E-state index contributed by atoms with van der Waals surface area (Å²) in [5.41, 5.74) is -0.173. The minimum absolute atomic E-state index is 0.0829. The summed E-state index contributed by atoms with van der Waals surface area (Å²) < 4.78 is 12.7. The van der Waals surface area contributed by atoms with Crippen molar-refractivity contribution < 1.29 is 14.3 Å². The Labute approximate surface area is 124 Å². The lowest BCUT2D eigenvalue weighted by Gasteiger charge is -2.25. The fourth-order valence-corrected chi connectivity index (χ4v) is 2.24. The Hall–Kier alpha value is -1.07. The van der Waals surface area contributed by atoms with Crippen LogP contribution in [0.2, 0.25) is 0 Å². The highest BCUT2D eigenvalue weighted by atomic mass is 32.2. The zero-order valence-electron chi connectivity index (χ0n) is 12.1. The summed E-state index contributed by atoms with van der Waals surface area (Å²) in [5.74, 6) is -0.0764. The molecule has 0 aromatic heterocycles. The van der Waals surface area contributed by atoms with Gasteiger partial charge in [-0.25, -0.2) is 4.39 Å².